The quantitative estimate of drug-likeness (QED) is 0.919. The minimum atomic E-state index is 0.0369. The van der Waals surface area contributed by atoms with E-state index in [0.717, 1.165) is 11.1 Å². The average molecular weight is 281 g/mol. The fourth-order valence-corrected chi connectivity index (χ4v) is 2.56. The third kappa shape index (κ3) is 2.83. The number of aromatic nitrogens is 1. The van der Waals surface area contributed by atoms with Gasteiger partial charge in [0.2, 0.25) is 0 Å². The first-order chi connectivity index (χ1) is 8.61. The van der Waals surface area contributed by atoms with Gasteiger partial charge in [-0.15, -0.1) is 0 Å². The number of rotatable bonds is 3. The van der Waals surface area contributed by atoms with Crippen LogP contribution >= 0.6 is 23.2 Å². The number of benzene rings is 1. The second kappa shape index (κ2) is 5.70. The van der Waals surface area contributed by atoms with Gasteiger partial charge in [0.25, 0.3) is 0 Å². The van der Waals surface area contributed by atoms with Crippen LogP contribution in [-0.2, 0) is 0 Å². The highest BCUT2D eigenvalue weighted by molar-refractivity contribution is 6.34. The highest BCUT2D eigenvalue weighted by Crippen LogP contribution is 2.28. The standard InChI is InChI=1S/C14H14Cl2N2/c1-9-3-4-18-8-13(9)14(17-2)10-5-11(15)7-12(16)6-10/h3-8,14,17H,1-2H3. The molecule has 0 radical (unpaired) electrons. The molecule has 0 bridgehead atoms. The molecule has 1 N–H and O–H groups in total. The molecule has 1 atom stereocenters. The van der Waals surface area contributed by atoms with Gasteiger partial charge >= 0.3 is 0 Å². The van der Waals surface area contributed by atoms with Gasteiger partial charge in [0.1, 0.15) is 0 Å². The molecule has 0 saturated carbocycles. The zero-order valence-corrected chi connectivity index (χ0v) is 11.8. The maximum atomic E-state index is 6.05. The zero-order chi connectivity index (χ0) is 13.1. The number of nitrogens with one attached hydrogen (secondary N) is 1. The van der Waals surface area contributed by atoms with Crippen LogP contribution in [0, 0.1) is 6.92 Å². The van der Waals surface area contributed by atoms with Crippen molar-refractivity contribution in [3.8, 4) is 0 Å². The summed E-state index contributed by atoms with van der Waals surface area (Å²) >= 11 is 12.1. The van der Waals surface area contributed by atoms with Gasteiger partial charge in [-0.1, -0.05) is 23.2 Å². The highest BCUT2D eigenvalue weighted by atomic mass is 35.5. The molecule has 0 aliphatic rings. The van der Waals surface area contributed by atoms with E-state index in [0.29, 0.717) is 10.0 Å². The summed E-state index contributed by atoms with van der Waals surface area (Å²) in [7, 11) is 1.91. The summed E-state index contributed by atoms with van der Waals surface area (Å²) in [6, 6.07) is 7.60. The minimum absolute atomic E-state index is 0.0369. The molecule has 2 rings (SSSR count). The Bertz CT molecular complexity index is 535. The van der Waals surface area contributed by atoms with Crippen molar-refractivity contribution < 1.29 is 0 Å². The second-order valence-corrected chi connectivity index (χ2v) is 5.03. The van der Waals surface area contributed by atoms with Crippen molar-refractivity contribution in [1.82, 2.24) is 10.3 Å². The molecule has 1 heterocycles. The SMILES string of the molecule is CNC(c1cc(Cl)cc(Cl)c1)c1cnccc1C. The molecular weight excluding hydrogens is 267 g/mol. The fraction of sp³-hybridized carbons (Fsp3) is 0.214. The Kier molecular flexibility index (Phi) is 4.23. The van der Waals surface area contributed by atoms with Crippen LogP contribution in [0.25, 0.3) is 0 Å². The van der Waals surface area contributed by atoms with Crippen LogP contribution in [-0.4, -0.2) is 12.0 Å². The van der Waals surface area contributed by atoms with Crippen molar-refractivity contribution in [2.75, 3.05) is 7.05 Å². The monoisotopic (exact) mass is 280 g/mol. The largest absolute Gasteiger partial charge is 0.309 e. The summed E-state index contributed by atoms with van der Waals surface area (Å²) < 4.78 is 0. The molecule has 4 heteroatoms. The van der Waals surface area contributed by atoms with Crippen molar-refractivity contribution >= 4 is 23.2 Å². The van der Waals surface area contributed by atoms with Gasteiger partial charge in [0.15, 0.2) is 0 Å². The lowest BCUT2D eigenvalue weighted by molar-refractivity contribution is 0.684. The van der Waals surface area contributed by atoms with Gasteiger partial charge in [0, 0.05) is 22.4 Å². The molecule has 1 unspecified atom stereocenters. The molecule has 18 heavy (non-hydrogen) atoms. The van der Waals surface area contributed by atoms with E-state index in [2.05, 4.69) is 17.2 Å². The van der Waals surface area contributed by atoms with Gasteiger partial charge < -0.3 is 5.32 Å². The minimum Gasteiger partial charge on any atom is -0.309 e. The van der Waals surface area contributed by atoms with Crippen molar-refractivity contribution in [3.63, 3.8) is 0 Å². The molecule has 2 aromatic rings. The van der Waals surface area contributed by atoms with E-state index in [4.69, 9.17) is 23.2 Å². The lowest BCUT2D eigenvalue weighted by atomic mass is 9.97. The van der Waals surface area contributed by atoms with Gasteiger partial charge in [0.05, 0.1) is 6.04 Å². The molecule has 0 aliphatic heterocycles. The first kappa shape index (κ1) is 13.3. The number of halogens is 2. The molecule has 0 aliphatic carbocycles. The lowest BCUT2D eigenvalue weighted by Crippen LogP contribution is -2.18. The topological polar surface area (TPSA) is 24.9 Å². The summed E-state index contributed by atoms with van der Waals surface area (Å²) in [5, 5.41) is 4.55. The number of hydrogen-bond donors (Lipinski definition) is 1. The van der Waals surface area contributed by atoms with E-state index < -0.39 is 0 Å². The van der Waals surface area contributed by atoms with Gasteiger partial charge in [-0.3, -0.25) is 4.98 Å². The normalized spacial score (nSPS) is 12.4. The molecule has 94 valence electrons. The van der Waals surface area contributed by atoms with Gasteiger partial charge in [-0.2, -0.15) is 0 Å². The summed E-state index contributed by atoms with van der Waals surface area (Å²) in [5.41, 5.74) is 3.34. The summed E-state index contributed by atoms with van der Waals surface area (Å²) in [6.07, 6.45) is 3.65. The number of hydrogen-bond acceptors (Lipinski definition) is 2. The number of pyridine rings is 1. The Morgan fingerprint density at radius 2 is 1.83 bits per heavy atom. The Balaban J connectivity index is 2.48. The van der Waals surface area contributed by atoms with Crippen LogP contribution in [0.1, 0.15) is 22.7 Å². The van der Waals surface area contributed by atoms with Crippen molar-refractivity contribution in [1.29, 1.82) is 0 Å². The molecule has 0 spiro atoms. The van der Waals surface area contributed by atoms with Gasteiger partial charge in [-0.25, -0.2) is 0 Å². The van der Waals surface area contributed by atoms with Crippen molar-refractivity contribution in [2.45, 2.75) is 13.0 Å². The van der Waals surface area contributed by atoms with E-state index in [1.807, 2.05) is 31.4 Å². The Labute approximate surface area is 117 Å². The number of nitrogens with zero attached hydrogens (tertiary/aromatic N) is 1. The summed E-state index contributed by atoms with van der Waals surface area (Å²) in [4.78, 5) is 4.18. The predicted octanol–water partition coefficient (Wildman–Crippen LogP) is 4.01. The third-order valence-electron chi connectivity index (χ3n) is 2.90. The zero-order valence-electron chi connectivity index (χ0n) is 10.2. The van der Waals surface area contributed by atoms with Crippen LogP contribution in [0.2, 0.25) is 10.0 Å². The first-order valence-corrected chi connectivity index (χ1v) is 6.41. The molecule has 0 saturated heterocycles. The molecule has 2 nitrogen and oxygen atoms in total. The average Bonchev–Trinajstić information content (AvgIpc) is 2.31. The van der Waals surface area contributed by atoms with E-state index in [9.17, 15) is 0 Å². The maximum Gasteiger partial charge on any atom is 0.0593 e. The Hall–Kier alpha value is -1.09. The van der Waals surface area contributed by atoms with Gasteiger partial charge in [-0.05, 0) is 54.9 Å². The molecule has 1 aromatic carbocycles. The molecular formula is C14H14Cl2N2. The number of aryl methyl sites for hydroxylation is 1. The Morgan fingerprint density at radius 3 is 2.39 bits per heavy atom. The van der Waals surface area contributed by atoms with Crippen LogP contribution < -0.4 is 5.32 Å². The summed E-state index contributed by atoms with van der Waals surface area (Å²) in [5.74, 6) is 0. The van der Waals surface area contributed by atoms with Crippen LogP contribution in [0.15, 0.2) is 36.7 Å². The molecule has 0 amide bonds. The van der Waals surface area contributed by atoms with Crippen molar-refractivity contribution in [2.24, 2.45) is 0 Å². The van der Waals surface area contributed by atoms with E-state index >= 15 is 0 Å². The predicted molar refractivity (Wildman–Crippen MR) is 76.3 cm³/mol. The maximum absolute atomic E-state index is 6.05. The molecule has 1 aromatic heterocycles. The lowest BCUT2D eigenvalue weighted by Gasteiger charge is -2.19. The van der Waals surface area contributed by atoms with Crippen LogP contribution in [0.3, 0.4) is 0 Å². The van der Waals surface area contributed by atoms with E-state index in [1.54, 1.807) is 12.3 Å². The van der Waals surface area contributed by atoms with Crippen LogP contribution in [0.4, 0.5) is 0 Å². The van der Waals surface area contributed by atoms with E-state index in [1.165, 1.54) is 5.56 Å². The third-order valence-corrected chi connectivity index (χ3v) is 3.33. The highest BCUT2D eigenvalue weighted by Gasteiger charge is 2.15. The summed E-state index contributed by atoms with van der Waals surface area (Å²) in [6.45, 7) is 2.06. The second-order valence-electron chi connectivity index (χ2n) is 4.16. The Morgan fingerprint density at radius 1 is 1.17 bits per heavy atom. The smallest absolute Gasteiger partial charge is 0.0593 e. The molecule has 0 fully saturated rings. The first-order valence-electron chi connectivity index (χ1n) is 5.65. The fourth-order valence-electron chi connectivity index (χ4n) is 2.02. The van der Waals surface area contributed by atoms with E-state index in [-0.39, 0.29) is 6.04 Å². The van der Waals surface area contributed by atoms with Crippen LogP contribution in [0.5, 0.6) is 0 Å². The van der Waals surface area contributed by atoms with Crippen molar-refractivity contribution in [3.05, 3.63) is 63.4 Å².